The SMILES string of the molecule is CCn1c(-c2nonc2N)nc2cncc(-c3ccc(CN4CCCC4)c(F)c3)c21. The second-order valence-electron chi connectivity index (χ2n) is 7.52. The summed E-state index contributed by atoms with van der Waals surface area (Å²) < 4.78 is 21.7. The highest BCUT2D eigenvalue weighted by molar-refractivity contribution is 5.94. The zero-order valence-corrected chi connectivity index (χ0v) is 16.7. The van der Waals surface area contributed by atoms with Crippen molar-refractivity contribution >= 4 is 16.9 Å². The van der Waals surface area contributed by atoms with Crippen molar-refractivity contribution in [1.29, 1.82) is 0 Å². The third-order valence-corrected chi connectivity index (χ3v) is 5.65. The Labute approximate surface area is 172 Å². The maximum atomic E-state index is 14.9. The van der Waals surface area contributed by atoms with Gasteiger partial charge in [-0.3, -0.25) is 9.88 Å². The number of rotatable bonds is 5. The van der Waals surface area contributed by atoms with Gasteiger partial charge >= 0.3 is 0 Å². The predicted octanol–water partition coefficient (Wildman–Crippen LogP) is 3.49. The molecule has 5 rings (SSSR count). The minimum atomic E-state index is -0.205. The van der Waals surface area contributed by atoms with Gasteiger partial charge in [0, 0.05) is 30.4 Å². The summed E-state index contributed by atoms with van der Waals surface area (Å²) in [6.07, 6.45) is 5.78. The maximum absolute atomic E-state index is 14.9. The van der Waals surface area contributed by atoms with Crippen LogP contribution in [0.15, 0.2) is 35.2 Å². The van der Waals surface area contributed by atoms with Gasteiger partial charge in [-0.05, 0) is 54.8 Å². The molecule has 0 radical (unpaired) electrons. The monoisotopic (exact) mass is 407 g/mol. The summed E-state index contributed by atoms with van der Waals surface area (Å²) in [6.45, 7) is 5.32. The first kappa shape index (κ1) is 18.7. The average Bonchev–Trinajstić information content (AvgIpc) is 3.48. The molecule has 30 heavy (non-hydrogen) atoms. The fourth-order valence-electron chi connectivity index (χ4n) is 4.16. The van der Waals surface area contributed by atoms with Crippen LogP contribution in [0.1, 0.15) is 25.3 Å². The van der Waals surface area contributed by atoms with Crippen molar-refractivity contribution in [1.82, 2.24) is 29.7 Å². The molecule has 1 fully saturated rings. The van der Waals surface area contributed by atoms with Gasteiger partial charge < -0.3 is 10.3 Å². The minimum Gasteiger partial charge on any atom is -0.379 e. The Morgan fingerprint density at radius 3 is 2.70 bits per heavy atom. The van der Waals surface area contributed by atoms with E-state index >= 15 is 0 Å². The third kappa shape index (κ3) is 3.11. The lowest BCUT2D eigenvalue weighted by atomic mass is 10.0. The molecule has 3 aromatic heterocycles. The van der Waals surface area contributed by atoms with E-state index in [-0.39, 0.29) is 11.6 Å². The van der Waals surface area contributed by atoms with Gasteiger partial charge in [0.2, 0.25) is 0 Å². The molecule has 1 aliphatic heterocycles. The molecule has 0 bridgehead atoms. The highest BCUT2D eigenvalue weighted by atomic mass is 19.1. The van der Waals surface area contributed by atoms with Crippen molar-refractivity contribution in [3.63, 3.8) is 0 Å². The van der Waals surface area contributed by atoms with Crippen molar-refractivity contribution in [3.05, 3.63) is 42.0 Å². The number of anilines is 1. The van der Waals surface area contributed by atoms with Crippen molar-refractivity contribution in [3.8, 4) is 22.6 Å². The summed E-state index contributed by atoms with van der Waals surface area (Å²) >= 11 is 0. The molecule has 0 saturated carbocycles. The van der Waals surface area contributed by atoms with Gasteiger partial charge in [-0.2, -0.15) is 0 Å². The first-order valence-corrected chi connectivity index (χ1v) is 10.1. The zero-order chi connectivity index (χ0) is 20.7. The van der Waals surface area contributed by atoms with Crippen LogP contribution in [0.2, 0.25) is 0 Å². The van der Waals surface area contributed by atoms with Crippen molar-refractivity contribution in [2.24, 2.45) is 0 Å². The quantitative estimate of drug-likeness (QED) is 0.541. The number of hydrogen-bond donors (Lipinski definition) is 1. The largest absolute Gasteiger partial charge is 0.379 e. The van der Waals surface area contributed by atoms with E-state index in [4.69, 9.17) is 10.4 Å². The summed E-state index contributed by atoms with van der Waals surface area (Å²) in [5.41, 5.74) is 10.0. The topological polar surface area (TPSA) is 98.9 Å². The Hall–Kier alpha value is -3.33. The van der Waals surface area contributed by atoms with Crippen LogP contribution in [0.4, 0.5) is 10.2 Å². The number of hydrogen-bond acceptors (Lipinski definition) is 7. The van der Waals surface area contributed by atoms with E-state index in [1.807, 2.05) is 23.6 Å². The van der Waals surface area contributed by atoms with Gasteiger partial charge in [-0.1, -0.05) is 12.1 Å². The molecule has 0 atom stereocenters. The van der Waals surface area contributed by atoms with Gasteiger partial charge in [-0.25, -0.2) is 14.0 Å². The number of nitrogens with zero attached hydrogens (tertiary/aromatic N) is 6. The molecule has 1 aliphatic rings. The van der Waals surface area contributed by atoms with Crippen molar-refractivity contribution in [2.75, 3.05) is 18.8 Å². The minimum absolute atomic E-state index is 0.173. The van der Waals surface area contributed by atoms with Gasteiger partial charge in [0.1, 0.15) is 11.3 Å². The highest BCUT2D eigenvalue weighted by Crippen LogP contribution is 2.33. The van der Waals surface area contributed by atoms with Crippen LogP contribution < -0.4 is 5.73 Å². The average molecular weight is 407 g/mol. The number of nitrogens with two attached hydrogens (primary N) is 1. The number of aryl methyl sites for hydroxylation is 1. The molecule has 0 aliphatic carbocycles. The van der Waals surface area contributed by atoms with Gasteiger partial charge in [0.05, 0.1) is 11.7 Å². The molecular formula is C21H22FN7O. The molecule has 2 N–H and O–H groups in total. The van der Waals surface area contributed by atoms with Gasteiger partial charge in [0.15, 0.2) is 17.3 Å². The Kier molecular flexibility index (Phi) is 4.66. The molecule has 0 amide bonds. The number of fused-ring (bicyclic) bond motifs is 1. The standard InChI is InChI=1S/C21H22FN7O/c1-2-29-19-15(10-24-11-17(19)25-21(29)18-20(23)27-30-26-18)13-5-6-14(16(22)9-13)12-28-7-3-4-8-28/h5-6,9-11H,2-4,7-8,12H2,1H3,(H2,23,27). The van der Waals surface area contributed by atoms with E-state index in [0.717, 1.165) is 29.7 Å². The Bertz CT molecular complexity index is 1210. The summed E-state index contributed by atoms with van der Waals surface area (Å²) in [5.74, 6) is 0.516. The van der Waals surface area contributed by atoms with E-state index in [1.165, 1.54) is 12.8 Å². The third-order valence-electron chi connectivity index (χ3n) is 5.65. The predicted molar refractivity (Wildman–Crippen MR) is 111 cm³/mol. The van der Waals surface area contributed by atoms with Gasteiger partial charge in [-0.15, -0.1) is 0 Å². The Balaban J connectivity index is 1.60. The van der Waals surface area contributed by atoms with E-state index in [0.29, 0.717) is 35.7 Å². The van der Waals surface area contributed by atoms with Crippen molar-refractivity contribution in [2.45, 2.75) is 32.9 Å². The van der Waals surface area contributed by atoms with Crippen LogP contribution in [-0.2, 0) is 13.1 Å². The highest BCUT2D eigenvalue weighted by Gasteiger charge is 2.21. The number of nitrogen functional groups attached to an aromatic ring is 1. The van der Waals surface area contributed by atoms with Crippen LogP contribution in [0.3, 0.4) is 0 Å². The maximum Gasteiger partial charge on any atom is 0.199 e. The second-order valence-corrected chi connectivity index (χ2v) is 7.52. The smallest absolute Gasteiger partial charge is 0.199 e. The summed E-state index contributed by atoms with van der Waals surface area (Å²) in [7, 11) is 0. The summed E-state index contributed by atoms with van der Waals surface area (Å²) in [5, 5.41) is 7.54. The second kappa shape index (κ2) is 7.49. The van der Waals surface area contributed by atoms with E-state index in [9.17, 15) is 4.39 Å². The molecule has 1 saturated heterocycles. The van der Waals surface area contributed by atoms with Crippen LogP contribution in [-0.4, -0.2) is 42.8 Å². The Morgan fingerprint density at radius 2 is 2.00 bits per heavy atom. The molecule has 4 aromatic rings. The number of aromatic nitrogens is 5. The molecule has 1 aromatic carbocycles. The molecule has 4 heterocycles. The lowest BCUT2D eigenvalue weighted by Gasteiger charge is -2.16. The van der Waals surface area contributed by atoms with Crippen molar-refractivity contribution < 1.29 is 9.02 Å². The first-order valence-electron chi connectivity index (χ1n) is 10.1. The lowest BCUT2D eigenvalue weighted by molar-refractivity contribution is 0.310. The normalized spacial score (nSPS) is 14.7. The number of pyridine rings is 1. The fraction of sp³-hybridized carbons (Fsp3) is 0.333. The summed E-state index contributed by atoms with van der Waals surface area (Å²) in [6, 6.07) is 5.40. The molecule has 9 heteroatoms. The Morgan fingerprint density at radius 1 is 1.17 bits per heavy atom. The van der Waals surface area contributed by atoms with Gasteiger partial charge in [0.25, 0.3) is 0 Å². The molecule has 8 nitrogen and oxygen atoms in total. The van der Waals surface area contributed by atoms with E-state index in [2.05, 4.69) is 25.2 Å². The summed E-state index contributed by atoms with van der Waals surface area (Å²) in [4.78, 5) is 11.2. The molecule has 0 unspecified atom stereocenters. The molecule has 0 spiro atoms. The van der Waals surface area contributed by atoms with E-state index in [1.54, 1.807) is 18.5 Å². The number of likely N-dealkylation sites (tertiary alicyclic amines) is 1. The first-order chi connectivity index (χ1) is 14.7. The van der Waals surface area contributed by atoms with Crippen LogP contribution in [0.5, 0.6) is 0 Å². The number of benzene rings is 1. The molecular weight excluding hydrogens is 385 g/mol. The van der Waals surface area contributed by atoms with Crippen LogP contribution in [0, 0.1) is 5.82 Å². The van der Waals surface area contributed by atoms with Crippen LogP contribution in [0.25, 0.3) is 33.7 Å². The molecule has 154 valence electrons. The fourth-order valence-corrected chi connectivity index (χ4v) is 4.16. The van der Waals surface area contributed by atoms with E-state index < -0.39 is 0 Å². The number of imidazole rings is 1. The lowest BCUT2D eigenvalue weighted by Crippen LogP contribution is -2.19. The zero-order valence-electron chi connectivity index (χ0n) is 16.7. The number of halogens is 1. The van der Waals surface area contributed by atoms with Crippen LogP contribution >= 0.6 is 0 Å².